The van der Waals surface area contributed by atoms with E-state index in [1.807, 2.05) is 27.5 Å². The third-order valence-corrected chi connectivity index (χ3v) is 4.32. The average molecular weight is 318 g/mol. The fraction of sp³-hybridized carbons (Fsp3) is 0.429. The highest BCUT2D eigenvalue weighted by atomic mass is 32.1. The molecule has 3 aromatic heterocycles. The van der Waals surface area contributed by atoms with Gasteiger partial charge in [-0.1, -0.05) is 0 Å². The number of nitrogens with zero attached hydrogens (tertiary/aromatic N) is 6. The van der Waals surface area contributed by atoms with Crippen LogP contribution in [0.4, 0.5) is 0 Å². The van der Waals surface area contributed by atoms with E-state index in [-0.39, 0.29) is 11.9 Å². The molecule has 7 nitrogen and oxygen atoms in total. The molecule has 0 atom stereocenters. The van der Waals surface area contributed by atoms with Crippen molar-refractivity contribution in [3.63, 3.8) is 0 Å². The molecule has 3 aromatic rings. The quantitative estimate of drug-likeness (QED) is 0.739. The van der Waals surface area contributed by atoms with Gasteiger partial charge in [0, 0.05) is 24.7 Å². The Kier molecular flexibility index (Phi) is 3.69. The zero-order valence-corrected chi connectivity index (χ0v) is 13.8. The number of aryl methyl sites for hydroxylation is 1. The van der Waals surface area contributed by atoms with Crippen LogP contribution in [0.1, 0.15) is 41.9 Å². The summed E-state index contributed by atoms with van der Waals surface area (Å²) >= 11 is 1.52. The van der Waals surface area contributed by atoms with Crippen LogP contribution in [0.5, 0.6) is 0 Å². The van der Waals surface area contributed by atoms with Crippen LogP contribution in [0.3, 0.4) is 0 Å². The lowest BCUT2D eigenvalue weighted by atomic mass is 10.3. The number of fused-ring (bicyclic) bond motifs is 1. The minimum atomic E-state index is -0.0679. The lowest BCUT2D eigenvalue weighted by molar-refractivity contribution is 0.0772. The molecule has 22 heavy (non-hydrogen) atoms. The standard InChI is InChI=1S/C14H18N6OS/c1-9(2)20-8-15-17-11(20)7-18(4)13(21)12-10(3)16-14-19(12)5-6-22-14/h5-6,8-9H,7H2,1-4H3. The van der Waals surface area contributed by atoms with E-state index in [0.717, 1.165) is 16.5 Å². The first-order chi connectivity index (χ1) is 10.5. The van der Waals surface area contributed by atoms with Crippen LogP contribution in [0.15, 0.2) is 17.9 Å². The Morgan fingerprint density at radius 1 is 1.45 bits per heavy atom. The predicted molar refractivity (Wildman–Crippen MR) is 84.0 cm³/mol. The summed E-state index contributed by atoms with van der Waals surface area (Å²) in [7, 11) is 1.77. The Balaban J connectivity index is 1.87. The minimum absolute atomic E-state index is 0.0679. The SMILES string of the molecule is Cc1nc2sccn2c1C(=O)N(C)Cc1nncn1C(C)C. The van der Waals surface area contributed by atoms with Crippen LogP contribution >= 0.6 is 11.3 Å². The van der Waals surface area contributed by atoms with Gasteiger partial charge >= 0.3 is 0 Å². The molecule has 0 unspecified atom stereocenters. The van der Waals surface area contributed by atoms with Crippen LogP contribution in [-0.4, -0.2) is 42.0 Å². The molecule has 0 N–H and O–H groups in total. The van der Waals surface area contributed by atoms with E-state index in [9.17, 15) is 4.79 Å². The monoisotopic (exact) mass is 318 g/mol. The molecule has 0 saturated heterocycles. The Hall–Kier alpha value is -2.22. The molecule has 3 heterocycles. The summed E-state index contributed by atoms with van der Waals surface area (Å²) < 4.78 is 3.80. The highest BCUT2D eigenvalue weighted by molar-refractivity contribution is 7.15. The maximum absolute atomic E-state index is 12.8. The van der Waals surface area contributed by atoms with Crippen LogP contribution in [0.25, 0.3) is 4.96 Å². The number of rotatable bonds is 4. The fourth-order valence-electron chi connectivity index (χ4n) is 2.43. The van der Waals surface area contributed by atoms with E-state index in [4.69, 9.17) is 0 Å². The topological polar surface area (TPSA) is 68.3 Å². The van der Waals surface area contributed by atoms with Crippen molar-refractivity contribution in [1.82, 2.24) is 29.0 Å². The van der Waals surface area contributed by atoms with E-state index in [0.29, 0.717) is 12.2 Å². The van der Waals surface area contributed by atoms with Gasteiger partial charge in [0.05, 0.1) is 12.2 Å². The number of thiazole rings is 1. The normalized spacial score (nSPS) is 11.5. The molecule has 0 bridgehead atoms. The predicted octanol–water partition coefficient (Wildman–Crippen LogP) is 2.15. The average Bonchev–Trinajstić information content (AvgIpc) is 3.13. The summed E-state index contributed by atoms with van der Waals surface area (Å²) in [5.74, 6) is 0.705. The smallest absolute Gasteiger partial charge is 0.272 e. The van der Waals surface area contributed by atoms with Crippen molar-refractivity contribution in [3.8, 4) is 0 Å². The number of aromatic nitrogens is 5. The number of carbonyl (C=O) groups excluding carboxylic acids is 1. The maximum atomic E-state index is 12.8. The van der Waals surface area contributed by atoms with Gasteiger partial charge in [-0.3, -0.25) is 9.20 Å². The number of carbonyl (C=O) groups is 1. The molecule has 0 aromatic carbocycles. The molecule has 8 heteroatoms. The molecule has 0 aliphatic rings. The van der Waals surface area contributed by atoms with Crippen molar-refractivity contribution in [3.05, 3.63) is 35.1 Å². The summed E-state index contributed by atoms with van der Waals surface area (Å²) in [6.07, 6.45) is 3.57. The summed E-state index contributed by atoms with van der Waals surface area (Å²) in [5, 5.41) is 9.98. The first-order valence-electron chi connectivity index (χ1n) is 7.05. The second-order valence-electron chi connectivity index (χ2n) is 5.51. The van der Waals surface area contributed by atoms with Gasteiger partial charge in [0.2, 0.25) is 0 Å². The van der Waals surface area contributed by atoms with Crippen LogP contribution in [0.2, 0.25) is 0 Å². The van der Waals surface area contributed by atoms with Gasteiger partial charge in [-0.25, -0.2) is 4.98 Å². The highest BCUT2D eigenvalue weighted by Gasteiger charge is 2.22. The third-order valence-electron chi connectivity index (χ3n) is 3.57. The fourth-order valence-corrected chi connectivity index (χ4v) is 3.19. The van der Waals surface area contributed by atoms with Crippen molar-refractivity contribution in [2.24, 2.45) is 0 Å². The minimum Gasteiger partial charge on any atom is -0.333 e. The molecule has 0 fully saturated rings. The van der Waals surface area contributed by atoms with Gasteiger partial charge in [-0.05, 0) is 20.8 Å². The largest absolute Gasteiger partial charge is 0.333 e. The molecule has 0 radical (unpaired) electrons. The van der Waals surface area contributed by atoms with Crippen LogP contribution in [0, 0.1) is 6.92 Å². The van der Waals surface area contributed by atoms with Gasteiger partial charge in [-0.15, -0.1) is 21.5 Å². The lowest BCUT2D eigenvalue weighted by Gasteiger charge is -2.18. The molecular formula is C14H18N6OS. The number of hydrogen-bond acceptors (Lipinski definition) is 5. The maximum Gasteiger partial charge on any atom is 0.272 e. The second-order valence-corrected chi connectivity index (χ2v) is 6.38. The van der Waals surface area contributed by atoms with Gasteiger partial charge < -0.3 is 9.47 Å². The van der Waals surface area contributed by atoms with Gasteiger partial charge in [0.25, 0.3) is 5.91 Å². The van der Waals surface area contributed by atoms with E-state index >= 15 is 0 Å². The zero-order chi connectivity index (χ0) is 15.9. The summed E-state index contributed by atoms with van der Waals surface area (Å²) in [6, 6.07) is 0.258. The van der Waals surface area contributed by atoms with Crippen molar-refractivity contribution in [2.75, 3.05) is 7.05 Å². The van der Waals surface area contributed by atoms with Crippen LogP contribution in [-0.2, 0) is 6.54 Å². The Morgan fingerprint density at radius 2 is 2.23 bits per heavy atom. The summed E-state index contributed by atoms with van der Waals surface area (Å²) in [6.45, 7) is 6.39. The number of imidazole rings is 1. The second kappa shape index (κ2) is 5.53. The summed E-state index contributed by atoms with van der Waals surface area (Å²) in [5.41, 5.74) is 1.35. The van der Waals surface area contributed by atoms with Gasteiger partial charge in [0.1, 0.15) is 12.0 Å². The van der Waals surface area contributed by atoms with Crippen molar-refractivity contribution < 1.29 is 4.79 Å². The third kappa shape index (κ3) is 2.39. The summed E-state index contributed by atoms with van der Waals surface area (Å²) in [4.78, 5) is 19.7. The molecular weight excluding hydrogens is 300 g/mol. The van der Waals surface area contributed by atoms with Crippen molar-refractivity contribution in [1.29, 1.82) is 0 Å². The molecule has 0 saturated carbocycles. The van der Waals surface area contributed by atoms with E-state index in [1.165, 1.54) is 11.3 Å². The molecule has 0 aliphatic heterocycles. The van der Waals surface area contributed by atoms with Crippen LogP contribution < -0.4 is 0 Å². The first-order valence-corrected chi connectivity index (χ1v) is 7.93. The molecule has 1 amide bonds. The molecule has 0 spiro atoms. The Labute approximate surface area is 132 Å². The Morgan fingerprint density at radius 3 is 2.95 bits per heavy atom. The van der Waals surface area contributed by atoms with Crippen molar-refractivity contribution in [2.45, 2.75) is 33.4 Å². The van der Waals surface area contributed by atoms with E-state index < -0.39 is 0 Å². The molecule has 3 rings (SSSR count). The number of hydrogen-bond donors (Lipinski definition) is 0. The molecule has 116 valence electrons. The van der Waals surface area contributed by atoms with E-state index in [1.54, 1.807) is 18.3 Å². The number of amides is 1. The molecule has 0 aliphatic carbocycles. The Bertz CT molecular complexity index is 814. The van der Waals surface area contributed by atoms with Crippen molar-refractivity contribution >= 4 is 22.2 Å². The zero-order valence-electron chi connectivity index (χ0n) is 13.0. The lowest BCUT2D eigenvalue weighted by Crippen LogP contribution is -2.29. The van der Waals surface area contributed by atoms with E-state index in [2.05, 4.69) is 29.0 Å². The highest BCUT2D eigenvalue weighted by Crippen LogP contribution is 2.19. The van der Waals surface area contributed by atoms with Gasteiger partial charge in [-0.2, -0.15) is 0 Å². The first kappa shape index (κ1) is 14.7. The van der Waals surface area contributed by atoms with Gasteiger partial charge in [0.15, 0.2) is 10.8 Å².